The molecule has 1 amide bonds. The number of aromatic nitrogens is 3. The number of amides is 1. The molecule has 2 heterocycles. The summed E-state index contributed by atoms with van der Waals surface area (Å²) < 4.78 is 45.2. The molecular formula is C17H13F3N4O3. The Hall–Kier alpha value is -3.56. The normalized spacial score (nSPS) is 11.3. The molecule has 0 aliphatic rings. The van der Waals surface area contributed by atoms with Crippen LogP contribution < -0.4 is 10.1 Å². The van der Waals surface area contributed by atoms with E-state index in [4.69, 9.17) is 4.74 Å². The highest BCUT2D eigenvalue weighted by Crippen LogP contribution is 2.34. The van der Waals surface area contributed by atoms with Crippen molar-refractivity contribution in [1.82, 2.24) is 14.8 Å². The second-order valence-electron chi connectivity index (χ2n) is 5.37. The summed E-state index contributed by atoms with van der Waals surface area (Å²) >= 11 is 0. The van der Waals surface area contributed by atoms with Crippen LogP contribution in [-0.4, -0.2) is 32.9 Å². The first-order chi connectivity index (χ1) is 12.8. The van der Waals surface area contributed by atoms with Gasteiger partial charge in [0.2, 0.25) is 5.88 Å². The van der Waals surface area contributed by atoms with E-state index >= 15 is 0 Å². The minimum absolute atomic E-state index is 0.297. The molecule has 0 fully saturated rings. The summed E-state index contributed by atoms with van der Waals surface area (Å²) in [4.78, 5) is 16.2. The van der Waals surface area contributed by atoms with Crippen LogP contribution in [0.3, 0.4) is 0 Å². The third-order valence-corrected chi connectivity index (χ3v) is 3.57. The standard InChI is InChI=1S/C17H13F3N4O3/c1-27-14-7-6-10(8-21-14)22-16(26)15-13(25)9-24(23-15)12-5-3-2-4-11(12)17(18,19)20/h2-9,25H,1H3,(H,22,26). The zero-order chi connectivity index (χ0) is 19.6. The van der Waals surface area contributed by atoms with Crippen LogP contribution in [0.5, 0.6) is 11.6 Å². The Bertz CT molecular complexity index is 968. The highest BCUT2D eigenvalue weighted by Gasteiger charge is 2.34. The molecule has 3 aromatic rings. The van der Waals surface area contributed by atoms with Crippen molar-refractivity contribution < 1.29 is 27.8 Å². The zero-order valence-electron chi connectivity index (χ0n) is 13.9. The molecule has 0 atom stereocenters. The highest BCUT2D eigenvalue weighted by atomic mass is 19.4. The van der Waals surface area contributed by atoms with Crippen LogP contribution in [0, 0.1) is 0 Å². The highest BCUT2D eigenvalue weighted by molar-refractivity contribution is 6.04. The number of pyridine rings is 1. The summed E-state index contributed by atoms with van der Waals surface area (Å²) in [6, 6.07) is 7.72. The largest absolute Gasteiger partial charge is 0.504 e. The fourth-order valence-corrected chi connectivity index (χ4v) is 2.33. The first kappa shape index (κ1) is 18.2. The van der Waals surface area contributed by atoms with Crippen LogP contribution >= 0.6 is 0 Å². The smallest absolute Gasteiger partial charge is 0.418 e. The number of nitrogens with one attached hydrogen (secondary N) is 1. The van der Waals surface area contributed by atoms with Crippen LogP contribution in [0.4, 0.5) is 18.9 Å². The summed E-state index contributed by atoms with van der Waals surface area (Å²) in [5.41, 5.74) is -1.39. The Labute approximate surface area is 151 Å². The monoisotopic (exact) mass is 378 g/mol. The first-order valence-electron chi connectivity index (χ1n) is 7.56. The van der Waals surface area contributed by atoms with E-state index in [1.807, 2.05) is 0 Å². The lowest BCUT2D eigenvalue weighted by Crippen LogP contribution is -2.15. The number of benzene rings is 1. The lowest BCUT2D eigenvalue weighted by atomic mass is 10.2. The molecule has 0 spiro atoms. The number of alkyl halides is 3. The number of carbonyl (C=O) groups is 1. The molecule has 0 aliphatic heterocycles. The molecule has 7 nitrogen and oxygen atoms in total. The number of nitrogens with zero attached hydrogens (tertiary/aromatic N) is 3. The average Bonchev–Trinajstić information content (AvgIpc) is 3.03. The van der Waals surface area contributed by atoms with Gasteiger partial charge in [0.05, 0.1) is 36.4 Å². The van der Waals surface area contributed by atoms with Gasteiger partial charge >= 0.3 is 6.18 Å². The molecule has 0 radical (unpaired) electrons. The van der Waals surface area contributed by atoms with Crippen LogP contribution in [0.1, 0.15) is 16.1 Å². The van der Waals surface area contributed by atoms with Crippen LogP contribution in [0.2, 0.25) is 0 Å². The summed E-state index contributed by atoms with van der Waals surface area (Å²) in [5.74, 6) is -1.03. The van der Waals surface area contributed by atoms with Crippen molar-refractivity contribution in [2.24, 2.45) is 0 Å². The fraction of sp³-hybridized carbons (Fsp3) is 0.118. The molecule has 0 bridgehead atoms. The molecule has 140 valence electrons. The van der Waals surface area contributed by atoms with Crippen molar-refractivity contribution in [3.05, 3.63) is 60.0 Å². The van der Waals surface area contributed by atoms with Crippen LogP contribution in [0.15, 0.2) is 48.8 Å². The Morgan fingerprint density at radius 3 is 2.59 bits per heavy atom. The lowest BCUT2D eigenvalue weighted by Gasteiger charge is -2.12. The number of anilines is 1. The van der Waals surface area contributed by atoms with E-state index in [1.54, 1.807) is 0 Å². The number of hydrogen-bond acceptors (Lipinski definition) is 5. The van der Waals surface area contributed by atoms with Crippen LogP contribution in [0.25, 0.3) is 5.69 Å². The van der Waals surface area contributed by atoms with E-state index in [-0.39, 0.29) is 5.69 Å². The molecule has 27 heavy (non-hydrogen) atoms. The van der Waals surface area contributed by atoms with Gasteiger partial charge in [0.1, 0.15) is 0 Å². The molecule has 10 heteroatoms. The van der Waals surface area contributed by atoms with Crippen molar-refractivity contribution in [3.63, 3.8) is 0 Å². The van der Waals surface area contributed by atoms with E-state index in [0.717, 1.165) is 16.9 Å². The first-order valence-corrected chi connectivity index (χ1v) is 7.56. The van der Waals surface area contributed by atoms with E-state index < -0.39 is 29.1 Å². The third kappa shape index (κ3) is 3.84. The maximum absolute atomic E-state index is 13.1. The molecule has 0 saturated heterocycles. The second-order valence-corrected chi connectivity index (χ2v) is 5.37. The van der Waals surface area contributed by atoms with Gasteiger partial charge in [-0.2, -0.15) is 18.3 Å². The van der Waals surface area contributed by atoms with E-state index in [1.165, 1.54) is 43.6 Å². The quantitative estimate of drug-likeness (QED) is 0.728. The Morgan fingerprint density at radius 1 is 1.22 bits per heavy atom. The van der Waals surface area contributed by atoms with E-state index in [9.17, 15) is 23.1 Å². The Kier molecular flexibility index (Phi) is 4.72. The predicted octanol–water partition coefficient (Wildman–Crippen LogP) is 3.25. The van der Waals surface area contributed by atoms with E-state index in [0.29, 0.717) is 11.6 Å². The van der Waals surface area contributed by atoms with Gasteiger partial charge in [0, 0.05) is 6.07 Å². The van der Waals surface area contributed by atoms with Crippen molar-refractivity contribution in [2.45, 2.75) is 6.18 Å². The van der Waals surface area contributed by atoms with Gasteiger partial charge in [0.15, 0.2) is 11.4 Å². The summed E-state index contributed by atoms with van der Waals surface area (Å²) in [5, 5.41) is 16.2. The number of methoxy groups -OCH3 is 1. The average molecular weight is 378 g/mol. The van der Waals surface area contributed by atoms with Crippen molar-refractivity contribution in [1.29, 1.82) is 0 Å². The number of para-hydroxylation sites is 1. The molecule has 0 aliphatic carbocycles. The molecule has 0 unspecified atom stereocenters. The van der Waals surface area contributed by atoms with Crippen LogP contribution in [-0.2, 0) is 6.18 Å². The van der Waals surface area contributed by atoms with Gasteiger partial charge in [0.25, 0.3) is 5.91 Å². The van der Waals surface area contributed by atoms with Gasteiger partial charge in [-0.1, -0.05) is 12.1 Å². The predicted molar refractivity (Wildman–Crippen MR) is 89.0 cm³/mol. The number of hydrogen-bond donors (Lipinski definition) is 2. The van der Waals surface area contributed by atoms with Gasteiger partial charge in [-0.05, 0) is 18.2 Å². The second kappa shape index (κ2) is 6.98. The Balaban J connectivity index is 1.89. The van der Waals surface area contributed by atoms with E-state index in [2.05, 4.69) is 15.4 Å². The molecule has 3 rings (SSSR count). The number of halogens is 3. The lowest BCUT2D eigenvalue weighted by molar-refractivity contribution is -0.137. The molecular weight excluding hydrogens is 365 g/mol. The fourth-order valence-electron chi connectivity index (χ4n) is 2.33. The van der Waals surface area contributed by atoms with Gasteiger partial charge in [-0.15, -0.1) is 0 Å². The molecule has 2 aromatic heterocycles. The number of carbonyl (C=O) groups excluding carboxylic acids is 1. The molecule has 0 saturated carbocycles. The summed E-state index contributed by atoms with van der Waals surface area (Å²) in [6.45, 7) is 0. The number of rotatable bonds is 4. The van der Waals surface area contributed by atoms with Crippen molar-refractivity contribution >= 4 is 11.6 Å². The Morgan fingerprint density at radius 2 is 1.96 bits per heavy atom. The minimum Gasteiger partial charge on any atom is -0.504 e. The summed E-state index contributed by atoms with van der Waals surface area (Å²) in [7, 11) is 1.43. The van der Waals surface area contributed by atoms with Gasteiger partial charge in [-0.3, -0.25) is 4.79 Å². The maximum atomic E-state index is 13.1. The van der Waals surface area contributed by atoms with Crippen molar-refractivity contribution in [3.8, 4) is 17.3 Å². The molecule has 2 N–H and O–H groups in total. The summed E-state index contributed by atoms with van der Waals surface area (Å²) in [6.07, 6.45) is -2.36. The SMILES string of the molecule is COc1ccc(NC(=O)c2nn(-c3ccccc3C(F)(F)F)cc2O)cn1. The maximum Gasteiger partial charge on any atom is 0.418 e. The number of ether oxygens (including phenoxy) is 1. The third-order valence-electron chi connectivity index (χ3n) is 3.57. The van der Waals surface area contributed by atoms with Gasteiger partial charge < -0.3 is 15.2 Å². The number of aromatic hydroxyl groups is 1. The minimum atomic E-state index is -4.62. The zero-order valence-corrected chi connectivity index (χ0v) is 13.9. The topological polar surface area (TPSA) is 89.3 Å². The van der Waals surface area contributed by atoms with Gasteiger partial charge in [-0.25, -0.2) is 9.67 Å². The van der Waals surface area contributed by atoms with Crippen molar-refractivity contribution in [2.75, 3.05) is 12.4 Å². The molecule has 1 aromatic carbocycles.